The van der Waals surface area contributed by atoms with Gasteiger partial charge < -0.3 is 5.32 Å². The highest BCUT2D eigenvalue weighted by Crippen LogP contribution is 2.25. The normalized spacial score (nSPS) is 12.2. The summed E-state index contributed by atoms with van der Waals surface area (Å²) in [5.74, 6) is 0.255. The quantitative estimate of drug-likeness (QED) is 0.866. The Morgan fingerprint density at radius 3 is 2.42 bits per heavy atom. The van der Waals surface area contributed by atoms with E-state index in [1.807, 2.05) is 45.0 Å². The van der Waals surface area contributed by atoms with Crippen molar-refractivity contribution in [2.75, 3.05) is 17.3 Å². The van der Waals surface area contributed by atoms with Gasteiger partial charge in [-0.15, -0.1) is 0 Å². The van der Waals surface area contributed by atoms with Crippen LogP contribution in [0.1, 0.15) is 25.0 Å². The Hall–Kier alpha value is -2.15. The molecule has 1 amide bonds. The SMILES string of the molecule is Cc1ccc(C(C)(C)C(=O)Nc2ccn(CCS(C)(=O)=O)n2)cc1. The topological polar surface area (TPSA) is 81.1 Å². The van der Waals surface area contributed by atoms with Crippen LogP contribution >= 0.6 is 0 Å². The molecule has 0 aliphatic carbocycles. The van der Waals surface area contributed by atoms with E-state index in [-0.39, 0.29) is 18.2 Å². The molecule has 0 saturated carbocycles. The molecule has 1 aromatic carbocycles. The number of benzene rings is 1. The van der Waals surface area contributed by atoms with Crippen molar-refractivity contribution in [3.05, 3.63) is 47.7 Å². The van der Waals surface area contributed by atoms with E-state index in [4.69, 9.17) is 0 Å². The maximum absolute atomic E-state index is 12.6. The highest BCUT2D eigenvalue weighted by Gasteiger charge is 2.30. The van der Waals surface area contributed by atoms with Crippen LogP contribution < -0.4 is 5.32 Å². The molecule has 6 nitrogen and oxygen atoms in total. The number of nitrogens with zero attached hydrogens (tertiary/aromatic N) is 2. The average molecular weight is 349 g/mol. The summed E-state index contributed by atoms with van der Waals surface area (Å²) in [5.41, 5.74) is 1.35. The molecule has 0 bridgehead atoms. The number of nitrogens with one attached hydrogen (secondary N) is 1. The monoisotopic (exact) mass is 349 g/mol. The predicted molar refractivity (Wildman–Crippen MR) is 94.8 cm³/mol. The van der Waals surface area contributed by atoms with E-state index in [1.165, 1.54) is 10.9 Å². The molecule has 0 unspecified atom stereocenters. The van der Waals surface area contributed by atoms with Gasteiger partial charge in [0.25, 0.3) is 0 Å². The molecular formula is C17H23N3O3S. The first kappa shape index (κ1) is 18.2. The number of carbonyl (C=O) groups is 1. The molecule has 0 fully saturated rings. The second kappa shape index (κ2) is 6.76. The van der Waals surface area contributed by atoms with Crippen LogP contribution in [0, 0.1) is 6.92 Å². The fourth-order valence-electron chi connectivity index (χ4n) is 2.19. The number of amides is 1. The zero-order chi connectivity index (χ0) is 18.0. The fraction of sp³-hybridized carbons (Fsp3) is 0.412. The lowest BCUT2D eigenvalue weighted by molar-refractivity contribution is -0.120. The number of hydrogen-bond donors (Lipinski definition) is 1. The first-order valence-electron chi connectivity index (χ1n) is 7.68. The van der Waals surface area contributed by atoms with E-state index >= 15 is 0 Å². The Morgan fingerprint density at radius 2 is 1.83 bits per heavy atom. The summed E-state index contributed by atoms with van der Waals surface area (Å²) in [6.07, 6.45) is 2.84. The number of sulfone groups is 1. The number of rotatable bonds is 6. The Bertz CT molecular complexity index is 821. The van der Waals surface area contributed by atoms with Gasteiger partial charge in [0.1, 0.15) is 9.84 Å². The van der Waals surface area contributed by atoms with Crippen LogP contribution in [0.3, 0.4) is 0 Å². The number of anilines is 1. The third kappa shape index (κ3) is 4.67. The Balaban J connectivity index is 2.06. The van der Waals surface area contributed by atoms with Gasteiger partial charge in [0, 0.05) is 18.5 Å². The van der Waals surface area contributed by atoms with Gasteiger partial charge in [-0.2, -0.15) is 5.10 Å². The van der Waals surface area contributed by atoms with Crippen molar-refractivity contribution in [3.8, 4) is 0 Å². The first-order chi connectivity index (χ1) is 11.1. The summed E-state index contributed by atoms with van der Waals surface area (Å²) >= 11 is 0. The Kier molecular flexibility index (Phi) is 5.13. The minimum Gasteiger partial charge on any atom is -0.308 e. The molecule has 0 spiro atoms. The lowest BCUT2D eigenvalue weighted by Gasteiger charge is -2.23. The Labute approximate surface area is 142 Å². The maximum atomic E-state index is 12.6. The molecule has 0 radical (unpaired) electrons. The van der Waals surface area contributed by atoms with Crippen molar-refractivity contribution in [3.63, 3.8) is 0 Å². The molecule has 2 rings (SSSR count). The van der Waals surface area contributed by atoms with Gasteiger partial charge in [-0.3, -0.25) is 9.48 Å². The molecule has 2 aromatic rings. The van der Waals surface area contributed by atoms with Crippen LogP contribution in [0.4, 0.5) is 5.82 Å². The van der Waals surface area contributed by atoms with Crippen molar-refractivity contribution >= 4 is 21.6 Å². The fourth-order valence-corrected chi connectivity index (χ4v) is 2.70. The third-order valence-electron chi connectivity index (χ3n) is 3.91. The van der Waals surface area contributed by atoms with Gasteiger partial charge in [-0.25, -0.2) is 8.42 Å². The molecule has 0 aliphatic heterocycles. The van der Waals surface area contributed by atoms with Crippen molar-refractivity contribution in [1.29, 1.82) is 0 Å². The van der Waals surface area contributed by atoms with E-state index in [2.05, 4.69) is 10.4 Å². The van der Waals surface area contributed by atoms with Crippen molar-refractivity contribution in [2.24, 2.45) is 0 Å². The number of hydrogen-bond acceptors (Lipinski definition) is 4. The van der Waals surface area contributed by atoms with Gasteiger partial charge in [0.05, 0.1) is 17.7 Å². The highest BCUT2D eigenvalue weighted by molar-refractivity contribution is 7.90. The average Bonchev–Trinajstić information content (AvgIpc) is 2.92. The van der Waals surface area contributed by atoms with Crippen LogP contribution in [-0.4, -0.2) is 36.1 Å². The second-order valence-electron chi connectivity index (χ2n) is 6.54. The standard InChI is InChI=1S/C17H23N3O3S/c1-13-5-7-14(8-6-13)17(2,3)16(21)18-15-9-10-20(19-15)11-12-24(4,22)23/h5-10H,11-12H2,1-4H3,(H,18,19,21). The summed E-state index contributed by atoms with van der Waals surface area (Å²) in [6, 6.07) is 9.50. The molecule has 130 valence electrons. The zero-order valence-electron chi connectivity index (χ0n) is 14.4. The third-order valence-corrected chi connectivity index (χ3v) is 4.84. The van der Waals surface area contributed by atoms with Crippen LogP contribution in [0.5, 0.6) is 0 Å². The zero-order valence-corrected chi connectivity index (χ0v) is 15.2. The van der Waals surface area contributed by atoms with E-state index < -0.39 is 15.3 Å². The van der Waals surface area contributed by atoms with Gasteiger partial charge in [0.2, 0.25) is 5.91 Å². The number of aromatic nitrogens is 2. The minimum absolute atomic E-state index is 0.0108. The number of carbonyl (C=O) groups excluding carboxylic acids is 1. The van der Waals surface area contributed by atoms with E-state index in [0.29, 0.717) is 5.82 Å². The molecular weight excluding hydrogens is 326 g/mol. The van der Waals surface area contributed by atoms with Gasteiger partial charge in [-0.1, -0.05) is 29.8 Å². The van der Waals surface area contributed by atoms with E-state index in [9.17, 15) is 13.2 Å². The smallest absolute Gasteiger partial charge is 0.235 e. The van der Waals surface area contributed by atoms with Crippen LogP contribution in [0.2, 0.25) is 0 Å². The molecule has 7 heteroatoms. The predicted octanol–water partition coefficient (Wildman–Crippen LogP) is 2.15. The van der Waals surface area contributed by atoms with Gasteiger partial charge in [-0.05, 0) is 26.3 Å². The largest absolute Gasteiger partial charge is 0.308 e. The van der Waals surface area contributed by atoms with Gasteiger partial charge in [0.15, 0.2) is 5.82 Å². The van der Waals surface area contributed by atoms with Crippen molar-refractivity contribution in [2.45, 2.75) is 32.7 Å². The van der Waals surface area contributed by atoms with Crippen molar-refractivity contribution < 1.29 is 13.2 Å². The molecule has 0 aliphatic rings. The second-order valence-corrected chi connectivity index (χ2v) is 8.80. The lowest BCUT2D eigenvalue weighted by atomic mass is 9.83. The highest BCUT2D eigenvalue weighted by atomic mass is 32.2. The molecule has 1 heterocycles. The molecule has 1 N–H and O–H groups in total. The molecule has 0 saturated heterocycles. The van der Waals surface area contributed by atoms with Gasteiger partial charge >= 0.3 is 0 Å². The van der Waals surface area contributed by atoms with Crippen LogP contribution in [-0.2, 0) is 26.6 Å². The molecule has 24 heavy (non-hydrogen) atoms. The van der Waals surface area contributed by atoms with Crippen LogP contribution in [0.15, 0.2) is 36.5 Å². The van der Waals surface area contributed by atoms with E-state index in [1.54, 1.807) is 12.3 Å². The number of aryl methyl sites for hydroxylation is 2. The minimum atomic E-state index is -3.05. The summed E-state index contributed by atoms with van der Waals surface area (Å²) in [4.78, 5) is 12.6. The summed E-state index contributed by atoms with van der Waals surface area (Å²) in [7, 11) is -3.05. The first-order valence-corrected chi connectivity index (χ1v) is 9.74. The van der Waals surface area contributed by atoms with E-state index in [0.717, 1.165) is 11.1 Å². The summed E-state index contributed by atoms with van der Waals surface area (Å²) < 4.78 is 23.9. The van der Waals surface area contributed by atoms with Crippen molar-refractivity contribution in [1.82, 2.24) is 9.78 Å². The lowest BCUT2D eigenvalue weighted by Crippen LogP contribution is -2.34. The molecule has 0 atom stereocenters. The molecule has 1 aromatic heterocycles. The Morgan fingerprint density at radius 1 is 1.21 bits per heavy atom. The maximum Gasteiger partial charge on any atom is 0.235 e. The van der Waals surface area contributed by atoms with Crippen LogP contribution in [0.25, 0.3) is 0 Å². The summed E-state index contributed by atoms with van der Waals surface area (Å²) in [6.45, 7) is 5.97. The summed E-state index contributed by atoms with van der Waals surface area (Å²) in [5, 5.41) is 6.99.